The molecule has 1 aromatic heterocycles. The van der Waals surface area contributed by atoms with Crippen LogP contribution in [-0.2, 0) is 6.54 Å². The molecular formula is C21H21NO. The zero-order chi connectivity index (χ0) is 16.4. The normalized spacial score (nSPS) is 10.7. The summed E-state index contributed by atoms with van der Waals surface area (Å²) < 4.78 is 2.17. The van der Waals surface area contributed by atoms with Crippen LogP contribution in [0.2, 0.25) is 0 Å². The Morgan fingerprint density at radius 3 is 2.22 bits per heavy atom. The lowest BCUT2D eigenvalue weighted by atomic mass is 10.00. The SMILES string of the molecule is CC(=O)c1c(-c2ccc(C)cc2)cn(Cc2ccccc2)c1C. The molecule has 23 heavy (non-hydrogen) atoms. The van der Waals surface area contributed by atoms with Gasteiger partial charge in [-0.3, -0.25) is 4.79 Å². The minimum Gasteiger partial charge on any atom is -0.346 e. The van der Waals surface area contributed by atoms with Gasteiger partial charge in [0.25, 0.3) is 0 Å². The molecule has 3 aromatic rings. The fourth-order valence-corrected chi connectivity index (χ4v) is 3.00. The third kappa shape index (κ3) is 3.11. The Morgan fingerprint density at radius 1 is 0.957 bits per heavy atom. The van der Waals surface area contributed by atoms with E-state index in [1.807, 2.05) is 25.1 Å². The molecule has 0 atom stereocenters. The molecular weight excluding hydrogens is 282 g/mol. The maximum atomic E-state index is 12.2. The standard InChI is InChI=1S/C21H21NO/c1-15-9-11-19(12-10-15)20-14-22(16(2)21(20)17(3)23)13-18-7-5-4-6-8-18/h4-12,14H,13H2,1-3H3. The predicted octanol–water partition coefficient (Wildman–Crippen LogP) is 5.02. The van der Waals surface area contributed by atoms with Crippen molar-refractivity contribution in [3.05, 3.63) is 83.2 Å². The molecule has 0 N–H and O–H groups in total. The Hall–Kier alpha value is -2.61. The average molecular weight is 303 g/mol. The molecule has 1 heterocycles. The van der Waals surface area contributed by atoms with Crippen LogP contribution in [0.25, 0.3) is 11.1 Å². The minimum atomic E-state index is 0.116. The summed E-state index contributed by atoms with van der Waals surface area (Å²) in [6, 6.07) is 18.7. The van der Waals surface area contributed by atoms with Crippen molar-refractivity contribution in [3.8, 4) is 11.1 Å². The van der Waals surface area contributed by atoms with Gasteiger partial charge in [-0.2, -0.15) is 0 Å². The van der Waals surface area contributed by atoms with Crippen molar-refractivity contribution in [1.29, 1.82) is 0 Å². The van der Waals surface area contributed by atoms with Crippen molar-refractivity contribution in [2.45, 2.75) is 27.3 Å². The summed E-state index contributed by atoms with van der Waals surface area (Å²) in [6.45, 7) is 6.52. The molecule has 0 saturated carbocycles. The number of hydrogen-bond acceptors (Lipinski definition) is 1. The first-order valence-corrected chi connectivity index (χ1v) is 7.88. The second-order valence-electron chi connectivity index (χ2n) is 6.04. The third-order valence-corrected chi connectivity index (χ3v) is 4.26. The van der Waals surface area contributed by atoms with E-state index in [1.54, 1.807) is 6.92 Å². The molecule has 0 fully saturated rings. The maximum absolute atomic E-state index is 12.2. The highest BCUT2D eigenvalue weighted by Crippen LogP contribution is 2.29. The van der Waals surface area contributed by atoms with Gasteiger partial charge in [-0.1, -0.05) is 60.2 Å². The van der Waals surface area contributed by atoms with E-state index in [9.17, 15) is 4.79 Å². The highest BCUT2D eigenvalue weighted by molar-refractivity contribution is 6.02. The Kier molecular flexibility index (Phi) is 4.16. The molecule has 2 heteroatoms. The van der Waals surface area contributed by atoms with Crippen LogP contribution < -0.4 is 0 Å². The van der Waals surface area contributed by atoms with Gasteiger partial charge < -0.3 is 4.57 Å². The lowest BCUT2D eigenvalue weighted by molar-refractivity contribution is 0.101. The van der Waals surface area contributed by atoms with E-state index in [2.05, 4.69) is 54.1 Å². The Balaban J connectivity index is 2.07. The summed E-state index contributed by atoms with van der Waals surface area (Å²) in [4.78, 5) is 12.2. The fourth-order valence-electron chi connectivity index (χ4n) is 3.00. The van der Waals surface area contributed by atoms with Gasteiger partial charge in [0.1, 0.15) is 0 Å². The second-order valence-corrected chi connectivity index (χ2v) is 6.04. The van der Waals surface area contributed by atoms with Gasteiger partial charge in [-0.15, -0.1) is 0 Å². The van der Waals surface area contributed by atoms with Crippen LogP contribution in [0.4, 0.5) is 0 Å². The number of hydrogen-bond donors (Lipinski definition) is 0. The van der Waals surface area contributed by atoms with Gasteiger partial charge in [0, 0.05) is 29.6 Å². The highest BCUT2D eigenvalue weighted by atomic mass is 16.1. The molecule has 0 radical (unpaired) electrons. The number of ketones is 1. The summed E-state index contributed by atoms with van der Waals surface area (Å²) in [5.74, 6) is 0.116. The highest BCUT2D eigenvalue weighted by Gasteiger charge is 2.17. The minimum absolute atomic E-state index is 0.116. The fraction of sp³-hybridized carbons (Fsp3) is 0.190. The average Bonchev–Trinajstić information content (AvgIpc) is 2.86. The number of rotatable bonds is 4. The molecule has 2 nitrogen and oxygen atoms in total. The number of aromatic nitrogens is 1. The molecule has 0 aliphatic heterocycles. The number of benzene rings is 2. The van der Waals surface area contributed by atoms with E-state index in [0.29, 0.717) is 0 Å². The van der Waals surface area contributed by atoms with Gasteiger partial charge in [0.2, 0.25) is 0 Å². The summed E-state index contributed by atoms with van der Waals surface area (Å²) >= 11 is 0. The molecule has 2 aromatic carbocycles. The third-order valence-electron chi connectivity index (χ3n) is 4.26. The van der Waals surface area contributed by atoms with Gasteiger partial charge >= 0.3 is 0 Å². The first-order chi connectivity index (χ1) is 11.1. The summed E-state index contributed by atoms with van der Waals surface area (Å²) in [5, 5.41) is 0. The summed E-state index contributed by atoms with van der Waals surface area (Å²) in [5.41, 5.74) is 6.41. The van der Waals surface area contributed by atoms with Gasteiger partial charge in [-0.05, 0) is 31.9 Å². The van der Waals surface area contributed by atoms with Crippen molar-refractivity contribution >= 4 is 5.78 Å². The number of aryl methyl sites for hydroxylation is 1. The zero-order valence-corrected chi connectivity index (χ0v) is 13.8. The zero-order valence-electron chi connectivity index (χ0n) is 13.8. The lowest BCUT2D eigenvalue weighted by Gasteiger charge is -2.06. The van der Waals surface area contributed by atoms with Crippen LogP contribution in [0.3, 0.4) is 0 Å². The predicted molar refractivity (Wildman–Crippen MR) is 94.9 cm³/mol. The smallest absolute Gasteiger partial charge is 0.162 e. The first-order valence-electron chi connectivity index (χ1n) is 7.88. The maximum Gasteiger partial charge on any atom is 0.162 e. The molecule has 0 aliphatic carbocycles. The van der Waals surface area contributed by atoms with E-state index in [4.69, 9.17) is 0 Å². The topological polar surface area (TPSA) is 22.0 Å². The van der Waals surface area contributed by atoms with Crippen molar-refractivity contribution in [1.82, 2.24) is 4.57 Å². The summed E-state index contributed by atoms with van der Waals surface area (Å²) in [7, 11) is 0. The Bertz CT molecular complexity index is 826. The molecule has 0 bridgehead atoms. The number of nitrogens with zero attached hydrogens (tertiary/aromatic N) is 1. The second kappa shape index (κ2) is 6.25. The van der Waals surface area contributed by atoms with Gasteiger partial charge in [0.15, 0.2) is 5.78 Å². The van der Waals surface area contributed by atoms with Crippen molar-refractivity contribution < 1.29 is 4.79 Å². The molecule has 0 amide bonds. The van der Waals surface area contributed by atoms with E-state index in [0.717, 1.165) is 28.9 Å². The van der Waals surface area contributed by atoms with E-state index in [-0.39, 0.29) is 5.78 Å². The van der Waals surface area contributed by atoms with Crippen LogP contribution >= 0.6 is 0 Å². The number of carbonyl (C=O) groups is 1. The van der Waals surface area contributed by atoms with Crippen LogP contribution in [0.5, 0.6) is 0 Å². The quantitative estimate of drug-likeness (QED) is 0.620. The van der Waals surface area contributed by atoms with Crippen LogP contribution in [0, 0.1) is 13.8 Å². The van der Waals surface area contributed by atoms with E-state index < -0.39 is 0 Å². The molecule has 116 valence electrons. The first kappa shape index (κ1) is 15.3. The van der Waals surface area contributed by atoms with Crippen molar-refractivity contribution in [2.75, 3.05) is 0 Å². The van der Waals surface area contributed by atoms with Crippen LogP contribution in [-0.4, -0.2) is 10.4 Å². The molecule has 0 spiro atoms. The van der Waals surface area contributed by atoms with Crippen molar-refractivity contribution in [3.63, 3.8) is 0 Å². The Labute approximate surface area is 137 Å². The Morgan fingerprint density at radius 2 is 1.61 bits per heavy atom. The monoisotopic (exact) mass is 303 g/mol. The molecule has 0 aliphatic rings. The van der Waals surface area contributed by atoms with Crippen molar-refractivity contribution in [2.24, 2.45) is 0 Å². The van der Waals surface area contributed by atoms with Gasteiger partial charge in [-0.25, -0.2) is 0 Å². The van der Waals surface area contributed by atoms with Gasteiger partial charge in [0.05, 0.1) is 0 Å². The lowest BCUT2D eigenvalue weighted by Crippen LogP contribution is -2.02. The summed E-state index contributed by atoms with van der Waals surface area (Å²) in [6.07, 6.45) is 2.10. The molecule has 0 saturated heterocycles. The van der Waals surface area contributed by atoms with Crippen LogP contribution in [0.1, 0.15) is 34.1 Å². The number of Topliss-reactive ketones (excluding diaryl/α,β-unsaturated/α-hetero) is 1. The van der Waals surface area contributed by atoms with E-state index >= 15 is 0 Å². The molecule has 3 rings (SSSR count). The van der Waals surface area contributed by atoms with E-state index in [1.165, 1.54) is 11.1 Å². The van der Waals surface area contributed by atoms with Crippen LogP contribution in [0.15, 0.2) is 60.8 Å². The largest absolute Gasteiger partial charge is 0.346 e. The molecule has 0 unspecified atom stereocenters. The number of carbonyl (C=O) groups excluding carboxylic acids is 1.